The molecule has 0 unspecified atom stereocenters. The molecule has 220 valence electrons. The minimum absolute atomic E-state index is 0. The normalized spacial score (nSPS) is 18.6. The Bertz CT molecular complexity index is 1430. The van der Waals surface area contributed by atoms with E-state index < -0.39 is 23.5 Å². The van der Waals surface area contributed by atoms with Crippen molar-refractivity contribution in [3.8, 4) is 11.5 Å². The standard InChI is InChI=1S/C30H33BrFN3O5.ClH/c1-4-23(33-2)28(36)34-27-29(37)35(17-22-21-8-6-19(31)15-18(21)5-10-25(22)38-3)24-9-7-20(32)16-26(24)40-30(27)11-13-39-14-12-30;/h5-10,15-16,23,27,33H,4,11-14,17H2,1-3H3,(H,34,36);1H/t23-,27+;/m0./s1. The van der Waals surface area contributed by atoms with Crippen LogP contribution in [0.2, 0.25) is 0 Å². The van der Waals surface area contributed by atoms with Gasteiger partial charge in [0.1, 0.15) is 29.0 Å². The van der Waals surface area contributed by atoms with E-state index in [4.69, 9.17) is 14.2 Å². The van der Waals surface area contributed by atoms with Crippen LogP contribution < -0.4 is 25.0 Å². The van der Waals surface area contributed by atoms with Crippen LogP contribution in [-0.2, 0) is 20.9 Å². The van der Waals surface area contributed by atoms with E-state index in [1.807, 2.05) is 37.3 Å². The van der Waals surface area contributed by atoms with Crippen molar-refractivity contribution >= 4 is 56.6 Å². The third-order valence-electron chi connectivity index (χ3n) is 7.85. The molecule has 3 aromatic carbocycles. The Morgan fingerprint density at radius 1 is 1.20 bits per heavy atom. The van der Waals surface area contributed by atoms with Crippen molar-refractivity contribution in [1.82, 2.24) is 10.6 Å². The van der Waals surface area contributed by atoms with Gasteiger partial charge in [-0.2, -0.15) is 0 Å². The maximum atomic E-state index is 14.6. The first kappa shape index (κ1) is 31.0. The van der Waals surface area contributed by atoms with E-state index in [0.29, 0.717) is 43.9 Å². The molecular formula is C30H34BrClFN3O5. The maximum absolute atomic E-state index is 14.6. The number of fused-ring (bicyclic) bond motifs is 2. The fraction of sp³-hybridized carbons (Fsp3) is 0.400. The van der Waals surface area contributed by atoms with Gasteiger partial charge in [-0.3, -0.25) is 9.59 Å². The Hall–Kier alpha value is -2.92. The monoisotopic (exact) mass is 649 g/mol. The summed E-state index contributed by atoms with van der Waals surface area (Å²) < 4.78 is 33.4. The molecule has 1 fully saturated rings. The number of nitrogens with zero attached hydrogens (tertiary/aromatic N) is 1. The van der Waals surface area contributed by atoms with Gasteiger partial charge in [0, 0.05) is 28.9 Å². The number of halogens is 3. The van der Waals surface area contributed by atoms with Crippen LogP contribution in [0.4, 0.5) is 10.1 Å². The fourth-order valence-electron chi connectivity index (χ4n) is 5.66. The molecule has 0 aromatic heterocycles. The molecule has 2 N–H and O–H groups in total. The van der Waals surface area contributed by atoms with E-state index in [1.54, 1.807) is 25.1 Å². The number of carbonyl (C=O) groups is 2. The molecule has 0 saturated carbocycles. The molecule has 2 heterocycles. The van der Waals surface area contributed by atoms with Gasteiger partial charge in [-0.25, -0.2) is 4.39 Å². The van der Waals surface area contributed by atoms with Crippen LogP contribution in [-0.4, -0.2) is 56.9 Å². The van der Waals surface area contributed by atoms with E-state index >= 15 is 0 Å². The predicted octanol–water partition coefficient (Wildman–Crippen LogP) is 5.13. The number of amides is 2. The quantitative estimate of drug-likeness (QED) is 0.369. The van der Waals surface area contributed by atoms with E-state index in [-0.39, 0.29) is 36.5 Å². The van der Waals surface area contributed by atoms with Crippen LogP contribution >= 0.6 is 28.3 Å². The number of likely N-dealkylation sites (N-methyl/N-ethyl adjacent to an activating group) is 1. The summed E-state index contributed by atoms with van der Waals surface area (Å²) in [7, 11) is 3.29. The number of hydrogen-bond acceptors (Lipinski definition) is 6. The number of carbonyl (C=O) groups excluding carboxylic acids is 2. The molecule has 2 amide bonds. The highest BCUT2D eigenvalue weighted by Gasteiger charge is 2.52. The van der Waals surface area contributed by atoms with Crippen LogP contribution in [0.5, 0.6) is 11.5 Å². The van der Waals surface area contributed by atoms with E-state index in [0.717, 1.165) is 20.8 Å². The van der Waals surface area contributed by atoms with Crippen LogP contribution in [0, 0.1) is 5.82 Å². The molecule has 2 aliphatic heterocycles. The van der Waals surface area contributed by atoms with Gasteiger partial charge < -0.3 is 29.7 Å². The first-order valence-electron chi connectivity index (χ1n) is 13.4. The second-order valence-corrected chi connectivity index (χ2v) is 11.0. The molecule has 5 rings (SSSR count). The Labute approximate surface area is 253 Å². The number of hydrogen-bond donors (Lipinski definition) is 2. The van der Waals surface area contributed by atoms with E-state index in [1.165, 1.54) is 12.1 Å². The highest BCUT2D eigenvalue weighted by Crippen LogP contribution is 2.43. The van der Waals surface area contributed by atoms with Crippen molar-refractivity contribution in [3.63, 3.8) is 0 Å². The summed E-state index contributed by atoms with van der Waals surface area (Å²) in [5.41, 5.74) is 0.0961. The molecular weight excluding hydrogens is 617 g/mol. The van der Waals surface area contributed by atoms with Crippen molar-refractivity contribution in [2.45, 2.75) is 50.4 Å². The Morgan fingerprint density at radius 3 is 2.63 bits per heavy atom. The highest BCUT2D eigenvalue weighted by atomic mass is 79.9. The molecule has 2 atom stereocenters. The summed E-state index contributed by atoms with van der Waals surface area (Å²) in [6.45, 7) is 2.71. The van der Waals surface area contributed by atoms with Gasteiger partial charge >= 0.3 is 0 Å². The largest absolute Gasteiger partial charge is 0.496 e. The SMILES string of the molecule is CC[C@H](NC)C(=O)N[C@@H]1C(=O)N(Cc2c(OC)ccc3cc(Br)ccc23)c2ccc(F)cc2OC12CCOCC2.Cl. The summed E-state index contributed by atoms with van der Waals surface area (Å²) in [4.78, 5) is 29.5. The fourth-order valence-corrected chi connectivity index (χ4v) is 6.03. The highest BCUT2D eigenvalue weighted by molar-refractivity contribution is 9.10. The topological polar surface area (TPSA) is 89.1 Å². The lowest BCUT2D eigenvalue weighted by Crippen LogP contribution is -2.65. The second-order valence-electron chi connectivity index (χ2n) is 10.1. The number of methoxy groups -OCH3 is 1. The lowest BCUT2D eigenvalue weighted by atomic mass is 9.84. The number of anilines is 1. The predicted molar refractivity (Wildman–Crippen MR) is 162 cm³/mol. The lowest BCUT2D eigenvalue weighted by Gasteiger charge is -2.41. The molecule has 0 radical (unpaired) electrons. The van der Waals surface area contributed by atoms with Crippen molar-refractivity contribution in [2.75, 3.05) is 32.3 Å². The zero-order valence-electron chi connectivity index (χ0n) is 23.2. The van der Waals surface area contributed by atoms with Crippen molar-refractivity contribution in [2.24, 2.45) is 0 Å². The van der Waals surface area contributed by atoms with Crippen LogP contribution in [0.1, 0.15) is 31.7 Å². The maximum Gasteiger partial charge on any atom is 0.254 e. The summed E-state index contributed by atoms with van der Waals surface area (Å²) in [6, 6.07) is 12.4. The van der Waals surface area contributed by atoms with Crippen LogP contribution in [0.25, 0.3) is 10.8 Å². The summed E-state index contributed by atoms with van der Waals surface area (Å²) in [5.74, 6) is -0.274. The van der Waals surface area contributed by atoms with E-state index in [9.17, 15) is 14.0 Å². The molecule has 3 aromatic rings. The summed E-state index contributed by atoms with van der Waals surface area (Å²) in [6.07, 6.45) is 1.25. The average molecular weight is 651 g/mol. The minimum Gasteiger partial charge on any atom is -0.496 e. The first-order chi connectivity index (χ1) is 19.3. The molecule has 41 heavy (non-hydrogen) atoms. The Morgan fingerprint density at radius 2 is 1.95 bits per heavy atom. The van der Waals surface area contributed by atoms with Crippen LogP contribution in [0.15, 0.2) is 53.0 Å². The Kier molecular flexibility index (Phi) is 9.79. The molecule has 0 bridgehead atoms. The van der Waals surface area contributed by atoms with Crippen molar-refractivity contribution in [1.29, 1.82) is 0 Å². The van der Waals surface area contributed by atoms with E-state index in [2.05, 4.69) is 26.6 Å². The van der Waals surface area contributed by atoms with Gasteiger partial charge in [0.2, 0.25) is 5.91 Å². The second kappa shape index (κ2) is 12.9. The number of rotatable bonds is 7. The Balaban J connectivity index is 0.00000387. The number of ether oxygens (including phenoxy) is 3. The molecule has 0 aliphatic carbocycles. The molecule has 1 saturated heterocycles. The van der Waals surface area contributed by atoms with Gasteiger partial charge in [0.15, 0.2) is 0 Å². The van der Waals surface area contributed by atoms with Crippen LogP contribution in [0.3, 0.4) is 0 Å². The third-order valence-corrected chi connectivity index (χ3v) is 8.34. The van der Waals surface area contributed by atoms with Gasteiger partial charge in [-0.05, 0) is 54.6 Å². The average Bonchev–Trinajstić information content (AvgIpc) is 3.03. The third kappa shape index (κ3) is 6.02. The summed E-state index contributed by atoms with van der Waals surface area (Å²) >= 11 is 3.53. The zero-order chi connectivity index (χ0) is 28.4. The lowest BCUT2D eigenvalue weighted by molar-refractivity contribution is -0.138. The van der Waals surface area contributed by atoms with Gasteiger partial charge in [-0.15, -0.1) is 12.4 Å². The number of nitrogens with one attached hydrogen (secondary N) is 2. The molecule has 11 heteroatoms. The van der Waals surface area contributed by atoms with Gasteiger partial charge in [0.05, 0.1) is 38.6 Å². The smallest absolute Gasteiger partial charge is 0.254 e. The van der Waals surface area contributed by atoms with Gasteiger partial charge in [0.25, 0.3) is 5.91 Å². The summed E-state index contributed by atoms with van der Waals surface area (Å²) in [5, 5.41) is 7.89. The molecule has 1 spiro atoms. The zero-order valence-corrected chi connectivity index (χ0v) is 25.6. The van der Waals surface area contributed by atoms with Crippen molar-refractivity contribution < 1.29 is 28.2 Å². The van der Waals surface area contributed by atoms with Crippen molar-refractivity contribution in [3.05, 3.63) is 64.4 Å². The number of benzene rings is 3. The molecule has 2 aliphatic rings. The molecule has 8 nitrogen and oxygen atoms in total. The van der Waals surface area contributed by atoms with Gasteiger partial charge in [-0.1, -0.05) is 35.0 Å². The minimum atomic E-state index is -1.11. The first-order valence-corrected chi connectivity index (χ1v) is 14.2.